The summed E-state index contributed by atoms with van der Waals surface area (Å²) in [7, 11) is 0. The fraction of sp³-hybridized carbons (Fsp3) is 0.400. The molecule has 2 N–H and O–H groups in total. The molecule has 2 aromatic carbocycles. The molecule has 228 valence electrons. The van der Waals surface area contributed by atoms with Gasteiger partial charge < -0.3 is 24.8 Å². The van der Waals surface area contributed by atoms with E-state index in [1.807, 2.05) is 31.2 Å². The first-order valence-electron chi connectivity index (χ1n) is 13.8. The Balaban J connectivity index is 1.30. The first-order chi connectivity index (χ1) is 20.6. The molecule has 2 fully saturated rings. The van der Waals surface area contributed by atoms with Gasteiger partial charge in [-0.15, -0.1) is 0 Å². The Morgan fingerprint density at radius 2 is 1.72 bits per heavy atom. The van der Waals surface area contributed by atoms with Crippen LogP contribution in [-0.2, 0) is 25.7 Å². The third-order valence-electron chi connectivity index (χ3n) is 7.55. The third kappa shape index (κ3) is 7.35. The number of likely N-dealkylation sites (tertiary alicyclic amines) is 1. The van der Waals surface area contributed by atoms with Gasteiger partial charge in [-0.3, -0.25) is 9.59 Å². The summed E-state index contributed by atoms with van der Waals surface area (Å²) in [5, 5.41) is 12.7. The molecule has 2 aliphatic heterocycles. The fourth-order valence-corrected chi connectivity index (χ4v) is 6.19. The summed E-state index contributed by atoms with van der Waals surface area (Å²) in [5.41, 5.74) is 2.77. The molecular formula is C30H31F3N4O5S. The van der Waals surface area contributed by atoms with Gasteiger partial charge in [0.2, 0.25) is 5.91 Å². The smallest absolute Gasteiger partial charge is 0.392 e. The van der Waals surface area contributed by atoms with E-state index < -0.39 is 30.3 Å². The summed E-state index contributed by atoms with van der Waals surface area (Å²) < 4.78 is 51.8. The lowest BCUT2D eigenvalue weighted by Crippen LogP contribution is -2.48. The van der Waals surface area contributed by atoms with Gasteiger partial charge in [-0.1, -0.05) is 55.1 Å². The Labute approximate surface area is 250 Å². The lowest BCUT2D eigenvalue weighted by molar-refractivity contribution is -0.268. The van der Waals surface area contributed by atoms with Crippen LogP contribution in [0.15, 0.2) is 72.1 Å². The van der Waals surface area contributed by atoms with Gasteiger partial charge in [0.25, 0.3) is 0 Å². The van der Waals surface area contributed by atoms with Gasteiger partial charge in [-0.25, -0.2) is 9.97 Å². The van der Waals surface area contributed by atoms with E-state index >= 15 is 0 Å². The zero-order valence-corrected chi connectivity index (χ0v) is 24.1. The van der Waals surface area contributed by atoms with Crippen molar-refractivity contribution in [1.29, 1.82) is 0 Å². The maximum Gasteiger partial charge on any atom is 0.471 e. The van der Waals surface area contributed by atoms with Crippen LogP contribution >= 0.6 is 11.8 Å². The average molecular weight is 617 g/mol. The van der Waals surface area contributed by atoms with Crippen molar-refractivity contribution in [2.75, 3.05) is 17.6 Å². The van der Waals surface area contributed by atoms with E-state index in [4.69, 9.17) is 9.47 Å². The number of aliphatic hydroxyl groups excluding tert-OH is 1. The predicted octanol–water partition coefficient (Wildman–Crippen LogP) is 5.04. The van der Waals surface area contributed by atoms with Gasteiger partial charge in [0.15, 0.2) is 11.4 Å². The molecule has 43 heavy (non-hydrogen) atoms. The molecule has 5 atom stereocenters. The van der Waals surface area contributed by atoms with Crippen LogP contribution in [0.5, 0.6) is 0 Å². The maximum atomic E-state index is 13.0. The highest BCUT2D eigenvalue weighted by Crippen LogP contribution is 2.43. The summed E-state index contributed by atoms with van der Waals surface area (Å²) in [6, 6.07) is 14.8. The Morgan fingerprint density at radius 3 is 2.37 bits per heavy atom. The van der Waals surface area contributed by atoms with Gasteiger partial charge in [0.05, 0.1) is 18.8 Å². The SMILES string of the molecule is C[C@H]1[C@@H](CSc2ncccn2)O[C@@H](c2ccc(NC(=O)[C@@H]3CCCN3C(=O)C(F)(F)F)cc2)O[C@H]1c1ccc(CO)cc1. The third-order valence-corrected chi connectivity index (χ3v) is 8.52. The molecule has 13 heteroatoms. The highest BCUT2D eigenvalue weighted by Gasteiger charge is 2.47. The van der Waals surface area contributed by atoms with Crippen molar-refractivity contribution in [3.63, 3.8) is 0 Å². The highest BCUT2D eigenvalue weighted by molar-refractivity contribution is 7.99. The van der Waals surface area contributed by atoms with Crippen LogP contribution in [0.1, 0.15) is 48.8 Å². The number of nitrogens with one attached hydrogen (secondary N) is 1. The van der Waals surface area contributed by atoms with Crippen LogP contribution < -0.4 is 5.32 Å². The Hall–Kier alpha value is -3.52. The second-order valence-electron chi connectivity index (χ2n) is 10.4. The minimum Gasteiger partial charge on any atom is -0.392 e. The summed E-state index contributed by atoms with van der Waals surface area (Å²) in [6.45, 7) is 1.86. The number of halogens is 3. The van der Waals surface area contributed by atoms with Crippen LogP contribution in [0.2, 0.25) is 0 Å². The van der Waals surface area contributed by atoms with Crippen molar-refractivity contribution in [2.45, 2.75) is 62.2 Å². The molecule has 0 aliphatic carbocycles. The van der Waals surface area contributed by atoms with Crippen molar-refractivity contribution in [2.24, 2.45) is 5.92 Å². The molecule has 0 spiro atoms. The van der Waals surface area contributed by atoms with Gasteiger partial charge in [0.1, 0.15) is 6.04 Å². The largest absolute Gasteiger partial charge is 0.471 e. The van der Waals surface area contributed by atoms with Crippen molar-refractivity contribution in [1.82, 2.24) is 14.9 Å². The second-order valence-corrected chi connectivity index (χ2v) is 11.4. The van der Waals surface area contributed by atoms with E-state index in [1.165, 1.54) is 11.8 Å². The number of nitrogens with zero attached hydrogens (tertiary/aromatic N) is 3. The highest BCUT2D eigenvalue weighted by atomic mass is 32.2. The number of rotatable bonds is 8. The summed E-state index contributed by atoms with van der Waals surface area (Å²) in [6.07, 6.45) is -2.53. The zero-order chi connectivity index (χ0) is 30.6. The zero-order valence-electron chi connectivity index (χ0n) is 23.2. The number of hydrogen-bond acceptors (Lipinski definition) is 8. The van der Waals surface area contributed by atoms with E-state index in [2.05, 4.69) is 15.3 Å². The van der Waals surface area contributed by atoms with Crippen LogP contribution in [-0.4, -0.2) is 62.4 Å². The minimum atomic E-state index is -5.04. The number of benzene rings is 2. The number of carbonyl (C=O) groups is 2. The molecule has 0 radical (unpaired) electrons. The van der Waals surface area contributed by atoms with Crippen molar-refractivity contribution >= 4 is 29.3 Å². The lowest BCUT2D eigenvalue weighted by atomic mass is 9.91. The Kier molecular flexibility index (Phi) is 9.65. The average Bonchev–Trinajstić information content (AvgIpc) is 3.51. The van der Waals surface area contributed by atoms with Crippen molar-refractivity contribution in [3.05, 3.63) is 83.7 Å². The Morgan fingerprint density at radius 1 is 1.05 bits per heavy atom. The number of aromatic nitrogens is 2. The van der Waals surface area contributed by atoms with Crippen molar-refractivity contribution < 1.29 is 37.3 Å². The molecule has 2 amide bonds. The molecule has 3 heterocycles. The van der Waals surface area contributed by atoms with Crippen LogP contribution in [0, 0.1) is 5.92 Å². The normalized spacial score (nSPS) is 24.1. The standard InChI is InChI=1S/C30H31F3N4O5S/c1-18-24(17-43-29-34-13-3-14-35-29)41-27(42-25(18)20-7-5-19(16-38)6-8-20)21-9-11-22(12-10-21)36-26(39)23-4-2-15-37(23)28(40)30(31,32)33/h3,5-14,18,23-25,27,38H,2,4,15-17H2,1H3,(H,36,39)/t18-,23-,24+,25+,27+/m0/s1. The van der Waals surface area contributed by atoms with Crippen LogP contribution in [0.25, 0.3) is 0 Å². The first-order valence-corrected chi connectivity index (χ1v) is 14.8. The van der Waals surface area contributed by atoms with Gasteiger partial charge in [-0.2, -0.15) is 13.2 Å². The number of carbonyl (C=O) groups excluding carboxylic acids is 2. The molecule has 2 aliphatic rings. The number of thioether (sulfide) groups is 1. The minimum absolute atomic E-state index is 0.0419. The molecule has 0 bridgehead atoms. The van der Waals surface area contributed by atoms with E-state index in [9.17, 15) is 27.9 Å². The van der Waals surface area contributed by atoms with Crippen molar-refractivity contribution in [3.8, 4) is 0 Å². The van der Waals surface area contributed by atoms with Gasteiger partial charge >= 0.3 is 12.1 Å². The lowest BCUT2D eigenvalue weighted by Gasteiger charge is -2.41. The number of ether oxygens (including phenoxy) is 2. The number of aliphatic hydroxyl groups is 1. The first kappa shape index (κ1) is 30.9. The molecular weight excluding hydrogens is 585 g/mol. The number of amides is 2. The molecule has 3 aromatic rings. The molecule has 9 nitrogen and oxygen atoms in total. The molecule has 0 unspecified atom stereocenters. The quantitative estimate of drug-likeness (QED) is 0.267. The predicted molar refractivity (Wildman–Crippen MR) is 152 cm³/mol. The summed E-state index contributed by atoms with van der Waals surface area (Å²) >= 11 is 1.47. The van der Waals surface area contributed by atoms with Crippen LogP contribution in [0.3, 0.4) is 0 Å². The van der Waals surface area contributed by atoms with Gasteiger partial charge in [0, 0.05) is 41.9 Å². The van der Waals surface area contributed by atoms with Crippen LogP contribution in [0.4, 0.5) is 18.9 Å². The Bertz CT molecular complexity index is 1400. The fourth-order valence-electron chi connectivity index (χ4n) is 5.22. The molecule has 1 aromatic heterocycles. The van der Waals surface area contributed by atoms with E-state index in [-0.39, 0.29) is 37.7 Å². The van der Waals surface area contributed by atoms with Gasteiger partial charge in [-0.05, 0) is 42.2 Å². The summed E-state index contributed by atoms with van der Waals surface area (Å²) in [5.74, 6) is -2.15. The topological polar surface area (TPSA) is 114 Å². The van der Waals surface area contributed by atoms with E-state index in [1.54, 1.807) is 42.7 Å². The molecule has 5 rings (SSSR count). The number of anilines is 1. The van der Waals surface area contributed by atoms with E-state index in [0.717, 1.165) is 11.1 Å². The van der Waals surface area contributed by atoms with E-state index in [0.29, 0.717) is 33.5 Å². The molecule has 2 saturated heterocycles. The summed E-state index contributed by atoms with van der Waals surface area (Å²) in [4.78, 5) is 33.7. The second kappa shape index (κ2) is 13.4. The number of alkyl halides is 3. The maximum absolute atomic E-state index is 13.0. The molecule has 0 saturated carbocycles. The number of hydrogen-bond donors (Lipinski definition) is 2. The monoisotopic (exact) mass is 616 g/mol.